The minimum atomic E-state index is -0.190. The van der Waals surface area contributed by atoms with Crippen LogP contribution in [0.5, 0.6) is 0 Å². The Labute approximate surface area is 159 Å². The number of aromatic nitrogens is 4. The summed E-state index contributed by atoms with van der Waals surface area (Å²) in [5, 5.41) is 4.78. The van der Waals surface area contributed by atoms with Crippen molar-refractivity contribution in [2.24, 2.45) is 0 Å². The van der Waals surface area contributed by atoms with Crippen molar-refractivity contribution in [3.8, 4) is 0 Å². The van der Waals surface area contributed by atoms with Crippen LogP contribution in [0.4, 0.5) is 11.8 Å². The quantitative estimate of drug-likeness (QED) is 0.483. The van der Waals surface area contributed by atoms with Gasteiger partial charge in [0, 0.05) is 10.0 Å². The maximum atomic E-state index is 6.04. The van der Waals surface area contributed by atoms with Gasteiger partial charge >= 0.3 is 0 Å². The monoisotopic (exact) mass is 384 g/mol. The van der Waals surface area contributed by atoms with Gasteiger partial charge in [-0.05, 0) is 35.4 Å². The van der Waals surface area contributed by atoms with Gasteiger partial charge < -0.3 is 16.0 Å². The minimum absolute atomic E-state index is 0.151. The molecule has 0 unspecified atom stereocenters. The summed E-state index contributed by atoms with van der Waals surface area (Å²) >= 11 is 12.1. The smallest absolute Gasteiger partial charge is 0.224 e. The standard InChI is InChI=1S/C18H14Cl2N6/c19-12-5-1-10(2-6-12)14(11-3-7-13(20)8-4-11)24-17-15-16(23-9-22-15)25-18(21)26-17/h1-9,14H,(H4,21,22,23,24,25,26). The second kappa shape index (κ2) is 6.82. The summed E-state index contributed by atoms with van der Waals surface area (Å²) in [6.07, 6.45) is 1.56. The van der Waals surface area contributed by atoms with Crippen LogP contribution < -0.4 is 11.1 Å². The third kappa shape index (κ3) is 3.29. The number of nitrogens with one attached hydrogen (secondary N) is 2. The van der Waals surface area contributed by atoms with Crippen molar-refractivity contribution in [2.75, 3.05) is 11.1 Å². The molecule has 8 heteroatoms. The third-order valence-electron chi connectivity index (χ3n) is 3.99. The molecular formula is C18H14Cl2N6. The number of fused-ring (bicyclic) bond motifs is 1. The number of nitrogens with zero attached hydrogens (tertiary/aromatic N) is 3. The summed E-state index contributed by atoms with van der Waals surface area (Å²) in [5.74, 6) is 0.720. The number of anilines is 2. The van der Waals surface area contributed by atoms with Gasteiger partial charge in [-0.15, -0.1) is 0 Å². The average molecular weight is 385 g/mol. The van der Waals surface area contributed by atoms with Crippen molar-refractivity contribution >= 4 is 46.1 Å². The zero-order chi connectivity index (χ0) is 18.1. The van der Waals surface area contributed by atoms with E-state index in [0.717, 1.165) is 11.1 Å². The lowest BCUT2D eigenvalue weighted by atomic mass is 9.98. The van der Waals surface area contributed by atoms with E-state index in [2.05, 4.69) is 25.3 Å². The van der Waals surface area contributed by atoms with E-state index in [9.17, 15) is 0 Å². The normalized spacial score (nSPS) is 11.2. The van der Waals surface area contributed by atoms with E-state index in [0.29, 0.717) is 27.0 Å². The van der Waals surface area contributed by atoms with E-state index >= 15 is 0 Å². The summed E-state index contributed by atoms with van der Waals surface area (Å²) in [4.78, 5) is 15.7. The first-order valence-corrected chi connectivity index (χ1v) is 8.60. The molecule has 130 valence electrons. The number of hydrogen-bond donors (Lipinski definition) is 3. The molecule has 2 heterocycles. The molecule has 26 heavy (non-hydrogen) atoms. The highest BCUT2D eigenvalue weighted by atomic mass is 35.5. The van der Waals surface area contributed by atoms with Crippen LogP contribution in [0.1, 0.15) is 17.2 Å². The Morgan fingerprint density at radius 2 is 1.46 bits per heavy atom. The highest BCUT2D eigenvalue weighted by molar-refractivity contribution is 6.30. The SMILES string of the molecule is Nc1nc(NC(c2ccc(Cl)cc2)c2ccc(Cl)cc2)c2[nH]cnc2n1. The Morgan fingerprint density at radius 3 is 2.04 bits per heavy atom. The first-order chi connectivity index (χ1) is 12.6. The Morgan fingerprint density at radius 1 is 0.885 bits per heavy atom. The Kier molecular flexibility index (Phi) is 4.36. The minimum Gasteiger partial charge on any atom is -0.368 e. The Hall–Kier alpha value is -2.83. The molecule has 4 rings (SSSR count). The van der Waals surface area contributed by atoms with Crippen molar-refractivity contribution in [2.45, 2.75) is 6.04 Å². The molecule has 0 aliphatic rings. The summed E-state index contributed by atoms with van der Waals surface area (Å²) in [7, 11) is 0. The van der Waals surface area contributed by atoms with E-state index in [-0.39, 0.29) is 12.0 Å². The van der Waals surface area contributed by atoms with Crippen LogP contribution in [0.25, 0.3) is 11.2 Å². The Bertz CT molecular complexity index is 998. The number of H-pyrrole nitrogens is 1. The van der Waals surface area contributed by atoms with Gasteiger partial charge in [0.2, 0.25) is 5.95 Å². The van der Waals surface area contributed by atoms with Crippen LogP contribution in [0.2, 0.25) is 10.0 Å². The highest BCUT2D eigenvalue weighted by Crippen LogP contribution is 2.30. The molecule has 0 fully saturated rings. The first-order valence-electron chi connectivity index (χ1n) is 7.84. The van der Waals surface area contributed by atoms with Gasteiger partial charge in [-0.1, -0.05) is 47.5 Å². The van der Waals surface area contributed by atoms with Crippen molar-refractivity contribution in [1.82, 2.24) is 19.9 Å². The van der Waals surface area contributed by atoms with Crippen LogP contribution in [0.15, 0.2) is 54.9 Å². The number of imidazole rings is 1. The van der Waals surface area contributed by atoms with E-state index in [1.54, 1.807) is 6.33 Å². The molecule has 0 amide bonds. The fraction of sp³-hybridized carbons (Fsp3) is 0.0556. The van der Waals surface area contributed by atoms with Crippen LogP contribution >= 0.6 is 23.2 Å². The van der Waals surface area contributed by atoms with Crippen LogP contribution in [-0.4, -0.2) is 19.9 Å². The zero-order valence-electron chi connectivity index (χ0n) is 13.4. The number of nitrogen functional groups attached to an aromatic ring is 1. The molecule has 0 radical (unpaired) electrons. The number of hydrogen-bond acceptors (Lipinski definition) is 5. The third-order valence-corrected chi connectivity index (χ3v) is 4.49. The van der Waals surface area contributed by atoms with Gasteiger partial charge in [-0.2, -0.15) is 9.97 Å². The number of rotatable bonds is 4. The average Bonchev–Trinajstić information content (AvgIpc) is 3.10. The second-order valence-corrected chi connectivity index (χ2v) is 6.58. The van der Waals surface area contributed by atoms with Gasteiger partial charge in [0.15, 0.2) is 11.5 Å². The molecule has 4 N–H and O–H groups in total. The molecule has 2 aromatic carbocycles. The Balaban J connectivity index is 1.80. The molecule has 0 bridgehead atoms. The van der Waals surface area contributed by atoms with Crippen LogP contribution in [0.3, 0.4) is 0 Å². The fourth-order valence-corrected chi connectivity index (χ4v) is 3.01. The molecule has 0 aliphatic heterocycles. The van der Waals surface area contributed by atoms with E-state index in [4.69, 9.17) is 28.9 Å². The molecule has 6 nitrogen and oxygen atoms in total. The van der Waals surface area contributed by atoms with Crippen LogP contribution in [0, 0.1) is 0 Å². The predicted molar refractivity (Wildman–Crippen MR) is 104 cm³/mol. The maximum absolute atomic E-state index is 6.04. The fourth-order valence-electron chi connectivity index (χ4n) is 2.76. The van der Waals surface area contributed by atoms with E-state index < -0.39 is 0 Å². The molecule has 0 aliphatic carbocycles. The van der Waals surface area contributed by atoms with Gasteiger partial charge in [-0.3, -0.25) is 0 Å². The lowest BCUT2D eigenvalue weighted by molar-refractivity contribution is 0.928. The molecule has 0 saturated heterocycles. The predicted octanol–water partition coefficient (Wildman–Crippen LogP) is 4.44. The largest absolute Gasteiger partial charge is 0.368 e. The number of nitrogens with two attached hydrogens (primary N) is 1. The van der Waals surface area contributed by atoms with Crippen molar-refractivity contribution < 1.29 is 0 Å². The number of benzene rings is 2. The highest BCUT2D eigenvalue weighted by Gasteiger charge is 2.18. The number of halogens is 2. The van der Waals surface area contributed by atoms with Crippen LogP contribution in [-0.2, 0) is 0 Å². The topological polar surface area (TPSA) is 92.5 Å². The van der Waals surface area contributed by atoms with Gasteiger partial charge in [0.25, 0.3) is 0 Å². The summed E-state index contributed by atoms with van der Waals surface area (Å²) in [6.45, 7) is 0. The molecule has 2 aromatic heterocycles. The van der Waals surface area contributed by atoms with Crippen molar-refractivity contribution in [3.05, 3.63) is 76.0 Å². The summed E-state index contributed by atoms with van der Waals surface area (Å²) < 4.78 is 0. The van der Waals surface area contributed by atoms with Crippen molar-refractivity contribution in [3.63, 3.8) is 0 Å². The zero-order valence-corrected chi connectivity index (χ0v) is 15.0. The number of aromatic amines is 1. The second-order valence-electron chi connectivity index (χ2n) is 5.71. The molecule has 0 atom stereocenters. The lowest BCUT2D eigenvalue weighted by Gasteiger charge is -2.21. The molecule has 0 spiro atoms. The molecule has 0 saturated carbocycles. The van der Waals surface area contributed by atoms with E-state index in [1.807, 2.05) is 48.5 Å². The summed E-state index contributed by atoms with van der Waals surface area (Å²) in [6, 6.07) is 15.1. The maximum Gasteiger partial charge on any atom is 0.224 e. The van der Waals surface area contributed by atoms with Gasteiger partial charge in [0.1, 0.15) is 5.52 Å². The lowest BCUT2D eigenvalue weighted by Crippen LogP contribution is -2.14. The first kappa shape index (κ1) is 16.6. The van der Waals surface area contributed by atoms with E-state index in [1.165, 1.54) is 0 Å². The van der Waals surface area contributed by atoms with Gasteiger partial charge in [0.05, 0.1) is 12.4 Å². The molecule has 4 aromatic rings. The van der Waals surface area contributed by atoms with Crippen molar-refractivity contribution in [1.29, 1.82) is 0 Å². The van der Waals surface area contributed by atoms with Gasteiger partial charge in [-0.25, -0.2) is 4.98 Å². The molecular weight excluding hydrogens is 371 g/mol. The summed E-state index contributed by atoms with van der Waals surface area (Å²) in [5.41, 5.74) is 9.05.